The fourth-order valence-corrected chi connectivity index (χ4v) is 8.66. The van der Waals surface area contributed by atoms with Gasteiger partial charge in [-0.2, -0.15) is 5.26 Å². The Morgan fingerprint density at radius 1 is 1.07 bits per heavy atom. The van der Waals surface area contributed by atoms with Crippen molar-refractivity contribution in [2.45, 2.75) is 103 Å². The second-order valence-electron chi connectivity index (χ2n) is 13.4. The van der Waals surface area contributed by atoms with Gasteiger partial charge in [0, 0.05) is 24.6 Å². The van der Waals surface area contributed by atoms with Crippen LogP contribution in [0.4, 0.5) is 4.39 Å². The van der Waals surface area contributed by atoms with Crippen LogP contribution < -0.4 is 0 Å². The van der Waals surface area contributed by atoms with Crippen molar-refractivity contribution in [2.75, 3.05) is 13.1 Å². The smallest absolute Gasteiger partial charge is 0.253 e. The lowest BCUT2D eigenvalue weighted by Gasteiger charge is -2.54. The predicted molar refractivity (Wildman–Crippen MR) is 163 cm³/mol. The Bertz CT molecular complexity index is 1270. The number of fused-ring (bicyclic) bond motifs is 5. The Morgan fingerprint density at radius 3 is 2.52 bits per heavy atom. The maximum absolute atomic E-state index is 16.1. The Kier molecular flexibility index (Phi) is 9.57. The topological polar surface area (TPSA) is 84.6 Å². The van der Waals surface area contributed by atoms with Gasteiger partial charge in [0.25, 0.3) is 5.91 Å². The Hall–Kier alpha value is -2.91. The van der Waals surface area contributed by atoms with Gasteiger partial charge < -0.3 is 15.1 Å². The minimum absolute atomic E-state index is 0.0152. The van der Waals surface area contributed by atoms with Crippen molar-refractivity contribution in [1.82, 2.24) is 4.90 Å². The first-order valence-corrected chi connectivity index (χ1v) is 16.2. The third kappa shape index (κ3) is 6.09. The zero-order valence-electron chi connectivity index (χ0n) is 25.3. The lowest BCUT2D eigenvalue weighted by Crippen LogP contribution is -2.51. The summed E-state index contributed by atoms with van der Waals surface area (Å²) in [5.41, 5.74) is 2.91. The molecule has 2 aromatic rings. The molecule has 2 aromatic carbocycles. The van der Waals surface area contributed by atoms with E-state index in [4.69, 9.17) is 5.26 Å². The quantitative estimate of drug-likeness (QED) is 0.272. The van der Waals surface area contributed by atoms with E-state index in [1.54, 1.807) is 30.3 Å². The van der Waals surface area contributed by atoms with E-state index in [0.29, 0.717) is 30.0 Å². The van der Waals surface area contributed by atoms with Crippen LogP contribution in [0.3, 0.4) is 0 Å². The zero-order valence-corrected chi connectivity index (χ0v) is 25.3. The third-order valence-corrected chi connectivity index (χ3v) is 10.9. The first-order valence-electron chi connectivity index (χ1n) is 16.2. The van der Waals surface area contributed by atoms with Gasteiger partial charge in [0.2, 0.25) is 0 Å². The summed E-state index contributed by atoms with van der Waals surface area (Å²) in [6, 6.07) is 14.5. The fourth-order valence-electron chi connectivity index (χ4n) is 8.66. The van der Waals surface area contributed by atoms with Gasteiger partial charge in [-0.05, 0) is 116 Å². The first-order chi connectivity index (χ1) is 20.3. The van der Waals surface area contributed by atoms with Crippen molar-refractivity contribution < 1.29 is 19.4 Å². The van der Waals surface area contributed by atoms with Crippen LogP contribution in [0, 0.1) is 34.5 Å². The highest BCUT2D eigenvalue weighted by atomic mass is 19.1. The van der Waals surface area contributed by atoms with Gasteiger partial charge in [0.15, 0.2) is 0 Å². The molecule has 0 heterocycles. The van der Waals surface area contributed by atoms with E-state index >= 15 is 4.39 Å². The molecule has 5 nitrogen and oxygen atoms in total. The van der Waals surface area contributed by atoms with E-state index in [0.717, 1.165) is 81.9 Å². The Labute approximate surface area is 250 Å². The molecule has 1 amide bonds. The van der Waals surface area contributed by atoms with Gasteiger partial charge in [-0.1, -0.05) is 45.6 Å². The molecule has 0 bridgehead atoms. The monoisotopic (exact) mass is 574 g/mol. The Balaban J connectivity index is 1.29. The van der Waals surface area contributed by atoms with E-state index < -0.39 is 12.3 Å². The third-order valence-electron chi connectivity index (χ3n) is 10.9. The summed E-state index contributed by atoms with van der Waals surface area (Å²) in [5.74, 6) is 0.822. The number of aromatic hydroxyl groups is 1. The van der Waals surface area contributed by atoms with E-state index in [9.17, 15) is 15.0 Å². The summed E-state index contributed by atoms with van der Waals surface area (Å²) in [4.78, 5) is 15.4. The molecule has 3 aliphatic carbocycles. The molecule has 2 saturated carbocycles. The number of phenolic OH excluding ortho intramolecular Hbond substituents is 1. The number of alkyl halides is 1. The SMILES string of the molecule is CCCCCCN(CCCC[C@@H]1Cc2cc(O)ccc2[C@@H]2[C@@H]1[C@@H]1CC[C@H](O)[C@@]1(C)C[C@@H]2F)C(=O)c1ccc(C#N)cc1. The number of benzene rings is 2. The summed E-state index contributed by atoms with van der Waals surface area (Å²) in [6.07, 6.45) is 8.61. The molecule has 0 unspecified atom stereocenters. The highest BCUT2D eigenvalue weighted by Gasteiger charge is 2.59. The van der Waals surface area contributed by atoms with Crippen LogP contribution in [0.15, 0.2) is 42.5 Å². The standard InChI is InChI=1S/C36H47FN2O3/c1-3-4-5-7-18-39(35(42)25-12-10-24(23-38)11-13-25)19-8-6-9-26-20-27-21-28(40)14-15-29(27)34-31(37)22-36(2)30(33(26)34)16-17-32(36)41/h10-15,21,26,30-34,40-41H,3-9,16-20,22H2,1-2H3/t26-,30+,31+,32+,33+,34+,36+/m1/s1. The van der Waals surface area contributed by atoms with E-state index in [1.807, 2.05) is 17.0 Å². The molecule has 5 rings (SSSR count). The molecule has 42 heavy (non-hydrogen) atoms. The van der Waals surface area contributed by atoms with Crippen molar-refractivity contribution >= 4 is 5.91 Å². The van der Waals surface area contributed by atoms with E-state index in [1.165, 1.54) is 0 Å². The lowest BCUT2D eigenvalue weighted by molar-refractivity contribution is -0.0722. The van der Waals surface area contributed by atoms with Crippen LogP contribution in [0.5, 0.6) is 5.75 Å². The molecule has 0 spiro atoms. The van der Waals surface area contributed by atoms with Gasteiger partial charge >= 0.3 is 0 Å². The molecular weight excluding hydrogens is 527 g/mol. The van der Waals surface area contributed by atoms with Gasteiger partial charge in [0.1, 0.15) is 11.9 Å². The van der Waals surface area contributed by atoms with Crippen LogP contribution in [0.1, 0.15) is 111 Å². The minimum Gasteiger partial charge on any atom is -0.508 e. The largest absolute Gasteiger partial charge is 0.508 e. The number of halogens is 1. The normalized spacial score (nSPS) is 29.7. The number of amides is 1. The number of nitriles is 1. The number of rotatable bonds is 11. The van der Waals surface area contributed by atoms with Crippen molar-refractivity contribution in [3.05, 3.63) is 64.7 Å². The summed E-state index contributed by atoms with van der Waals surface area (Å²) in [6.45, 7) is 5.68. The van der Waals surface area contributed by atoms with Crippen molar-refractivity contribution in [3.8, 4) is 11.8 Å². The molecule has 0 aliphatic heterocycles. The molecule has 0 aromatic heterocycles. The van der Waals surface area contributed by atoms with Crippen molar-refractivity contribution in [2.24, 2.45) is 23.2 Å². The number of carbonyl (C=O) groups excluding carboxylic acids is 1. The van der Waals surface area contributed by atoms with Crippen LogP contribution in [-0.2, 0) is 6.42 Å². The van der Waals surface area contributed by atoms with Crippen LogP contribution in [-0.4, -0.2) is 46.4 Å². The molecule has 3 aliphatic rings. The second-order valence-corrected chi connectivity index (χ2v) is 13.4. The molecule has 0 saturated heterocycles. The molecule has 2 fully saturated rings. The van der Waals surface area contributed by atoms with Gasteiger partial charge in [-0.3, -0.25) is 4.79 Å². The highest BCUT2D eigenvalue weighted by molar-refractivity contribution is 5.94. The van der Waals surface area contributed by atoms with Gasteiger partial charge in [0.05, 0.1) is 17.7 Å². The number of hydrogen-bond acceptors (Lipinski definition) is 4. The first kappa shape index (κ1) is 30.5. The maximum Gasteiger partial charge on any atom is 0.253 e. The molecule has 0 radical (unpaired) electrons. The van der Waals surface area contributed by atoms with Crippen molar-refractivity contribution in [3.63, 3.8) is 0 Å². The number of aliphatic hydroxyl groups excluding tert-OH is 1. The predicted octanol–water partition coefficient (Wildman–Crippen LogP) is 7.55. The lowest BCUT2D eigenvalue weighted by atomic mass is 9.51. The van der Waals surface area contributed by atoms with Crippen LogP contribution >= 0.6 is 0 Å². The summed E-state index contributed by atoms with van der Waals surface area (Å²) < 4.78 is 16.1. The number of aliphatic hydroxyl groups is 1. The number of hydrogen-bond donors (Lipinski definition) is 2. The van der Waals surface area contributed by atoms with Gasteiger partial charge in [-0.15, -0.1) is 0 Å². The van der Waals surface area contributed by atoms with E-state index in [-0.39, 0.29) is 34.8 Å². The average Bonchev–Trinajstić information content (AvgIpc) is 3.28. The number of phenols is 1. The summed E-state index contributed by atoms with van der Waals surface area (Å²) in [5, 5.41) is 30.3. The fraction of sp³-hybridized carbons (Fsp3) is 0.611. The average molecular weight is 575 g/mol. The van der Waals surface area contributed by atoms with E-state index in [2.05, 4.69) is 19.9 Å². The summed E-state index contributed by atoms with van der Waals surface area (Å²) >= 11 is 0. The molecule has 6 heteroatoms. The minimum atomic E-state index is -1.00. The van der Waals surface area contributed by atoms with Crippen LogP contribution in [0.25, 0.3) is 0 Å². The zero-order chi connectivity index (χ0) is 29.9. The number of nitrogens with zero attached hydrogens (tertiary/aromatic N) is 2. The molecular formula is C36H47FN2O3. The Morgan fingerprint density at radius 2 is 1.81 bits per heavy atom. The van der Waals surface area contributed by atoms with Crippen molar-refractivity contribution in [1.29, 1.82) is 5.26 Å². The summed E-state index contributed by atoms with van der Waals surface area (Å²) in [7, 11) is 0. The van der Waals surface area contributed by atoms with Gasteiger partial charge in [-0.25, -0.2) is 4.39 Å². The molecule has 2 N–H and O–H groups in total. The number of carbonyl (C=O) groups is 1. The maximum atomic E-state index is 16.1. The molecule has 226 valence electrons. The number of unbranched alkanes of at least 4 members (excludes halogenated alkanes) is 4. The molecule has 7 atom stereocenters. The van der Waals surface area contributed by atoms with Crippen LogP contribution in [0.2, 0.25) is 0 Å². The second kappa shape index (κ2) is 13.2. The highest BCUT2D eigenvalue weighted by Crippen LogP contribution is 2.63.